The van der Waals surface area contributed by atoms with Crippen LogP contribution in [0.1, 0.15) is 32.1 Å². The maximum atomic E-state index is 13.9. The number of hydrogen-bond acceptors (Lipinski definition) is 6. The molecule has 1 N–H and O–H groups in total. The molecule has 7 nitrogen and oxygen atoms in total. The van der Waals surface area contributed by atoms with Gasteiger partial charge in [0.15, 0.2) is 0 Å². The van der Waals surface area contributed by atoms with E-state index in [-0.39, 0.29) is 43.2 Å². The van der Waals surface area contributed by atoms with Crippen molar-refractivity contribution in [2.24, 2.45) is 5.92 Å². The molecule has 0 aliphatic carbocycles. The van der Waals surface area contributed by atoms with E-state index in [1.165, 1.54) is 15.5 Å². The third-order valence-electron chi connectivity index (χ3n) is 7.04. The molecule has 0 aromatic carbocycles. The van der Waals surface area contributed by atoms with E-state index in [0.717, 1.165) is 32.4 Å². The van der Waals surface area contributed by atoms with Gasteiger partial charge >= 0.3 is 6.18 Å². The molecule has 1 aromatic heterocycles. The Labute approximate surface area is 173 Å². The van der Waals surface area contributed by atoms with Crippen LogP contribution in [0.4, 0.5) is 24.9 Å². The number of anilines is 2. The summed E-state index contributed by atoms with van der Waals surface area (Å²) < 4.78 is 48.7. The van der Waals surface area contributed by atoms with E-state index in [9.17, 15) is 18.0 Å². The van der Waals surface area contributed by atoms with E-state index in [1.807, 2.05) is 4.90 Å². The molecule has 2 bridgehead atoms. The molecule has 0 saturated carbocycles. The predicted octanol–water partition coefficient (Wildman–Crippen LogP) is 1.75. The van der Waals surface area contributed by atoms with Crippen LogP contribution in [0.15, 0.2) is 10.9 Å². The molecule has 4 aliphatic heterocycles. The molecule has 166 valence electrons. The second kappa shape index (κ2) is 7.71. The Balaban J connectivity index is 1.46. The molecule has 3 fully saturated rings. The van der Waals surface area contributed by atoms with Crippen LogP contribution in [0.3, 0.4) is 0 Å². The molecule has 10 heteroatoms. The van der Waals surface area contributed by atoms with Gasteiger partial charge in [0.25, 0.3) is 5.56 Å². The molecule has 3 atom stereocenters. The summed E-state index contributed by atoms with van der Waals surface area (Å²) in [6.07, 6.45) is -0.848. The van der Waals surface area contributed by atoms with Gasteiger partial charge in [0.05, 0.1) is 18.8 Å². The van der Waals surface area contributed by atoms with E-state index in [4.69, 9.17) is 4.74 Å². The van der Waals surface area contributed by atoms with Gasteiger partial charge in [-0.3, -0.25) is 9.36 Å². The standard InChI is InChI=1S/C20H28F3N5O2/c21-20(22,23)16-4-8-27-18(29)10-17(28-11-15-9-14(28)12-30-15)25-19(27)26(16)7-3-13-1-5-24-6-2-13/h10,13-16,24H,1-9,11-12H2/t14?,15?,16-/m0/s1. The number of nitrogens with one attached hydrogen (secondary N) is 1. The van der Waals surface area contributed by atoms with Gasteiger partial charge in [0.2, 0.25) is 5.95 Å². The summed E-state index contributed by atoms with van der Waals surface area (Å²) >= 11 is 0. The van der Waals surface area contributed by atoms with Crippen LogP contribution in [0.25, 0.3) is 0 Å². The number of fused-ring (bicyclic) bond motifs is 3. The lowest BCUT2D eigenvalue weighted by atomic mass is 9.94. The fourth-order valence-corrected chi connectivity index (χ4v) is 5.37. The third-order valence-corrected chi connectivity index (χ3v) is 7.04. The van der Waals surface area contributed by atoms with Crippen molar-refractivity contribution in [3.05, 3.63) is 16.4 Å². The Morgan fingerprint density at radius 3 is 2.70 bits per heavy atom. The maximum absolute atomic E-state index is 13.9. The summed E-state index contributed by atoms with van der Waals surface area (Å²) in [7, 11) is 0. The molecule has 2 unspecified atom stereocenters. The topological polar surface area (TPSA) is 62.6 Å². The number of ether oxygens (including phenoxy) is 1. The lowest BCUT2D eigenvalue weighted by molar-refractivity contribution is -0.152. The number of halogens is 3. The molecular formula is C20H28F3N5O2. The van der Waals surface area contributed by atoms with E-state index < -0.39 is 12.2 Å². The molecule has 0 spiro atoms. The zero-order valence-corrected chi connectivity index (χ0v) is 16.9. The molecule has 4 aliphatic rings. The third kappa shape index (κ3) is 3.68. The summed E-state index contributed by atoms with van der Waals surface area (Å²) in [4.78, 5) is 20.8. The highest BCUT2D eigenvalue weighted by Crippen LogP contribution is 2.36. The van der Waals surface area contributed by atoms with Crippen molar-refractivity contribution in [3.63, 3.8) is 0 Å². The predicted molar refractivity (Wildman–Crippen MR) is 106 cm³/mol. The van der Waals surface area contributed by atoms with Gasteiger partial charge in [0.1, 0.15) is 11.9 Å². The normalized spacial score (nSPS) is 29.5. The van der Waals surface area contributed by atoms with Crippen molar-refractivity contribution in [2.45, 2.75) is 63.0 Å². The van der Waals surface area contributed by atoms with Crippen LogP contribution in [-0.2, 0) is 11.3 Å². The van der Waals surface area contributed by atoms with Crippen molar-refractivity contribution in [1.29, 1.82) is 0 Å². The lowest BCUT2D eigenvalue weighted by Crippen LogP contribution is -2.53. The van der Waals surface area contributed by atoms with Crippen molar-refractivity contribution >= 4 is 11.8 Å². The Morgan fingerprint density at radius 1 is 1.23 bits per heavy atom. The highest BCUT2D eigenvalue weighted by atomic mass is 19.4. The Hall–Kier alpha value is -1.81. The van der Waals surface area contributed by atoms with Gasteiger partial charge in [0, 0.05) is 25.7 Å². The summed E-state index contributed by atoms with van der Waals surface area (Å²) in [6, 6.07) is 0.0261. The molecule has 0 radical (unpaired) electrons. The lowest BCUT2D eigenvalue weighted by Gasteiger charge is -2.40. The van der Waals surface area contributed by atoms with Crippen molar-refractivity contribution < 1.29 is 17.9 Å². The molecule has 30 heavy (non-hydrogen) atoms. The summed E-state index contributed by atoms with van der Waals surface area (Å²) in [5, 5.41) is 3.29. The molecule has 3 saturated heterocycles. The van der Waals surface area contributed by atoms with Crippen LogP contribution >= 0.6 is 0 Å². The van der Waals surface area contributed by atoms with Crippen LogP contribution < -0.4 is 20.7 Å². The number of morpholine rings is 1. The SMILES string of the molecule is O=c1cc(N2CC3CC2CO3)nc2n1CC[C@@H](C(F)(F)F)N2CCC1CCNCC1. The number of rotatable bonds is 4. The zero-order chi connectivity index (χ0) is 20.9. The first kappa shape index (κ1) is 20.1. The van der Waals surface area contributed by atoms with Gasteiger partial charge in [-0.15, -0.1) is 0 Å². The molecule has 5 rings (SSSR count). The summed E-state index contributed by atoms with van der Waals surface area (Å²) in [5.74, 6) is 1.05. The van der Waals surface area contributed by atoms with Crippen LogP contribution in [0.2, 0.25) is 0 Å². The maximum Gasteiger partial charge on any atom is 0.408 e. The monoisotopic (exact) mass is 427 g/mol. The van der Waals surface area contributed by atoms with Crippen molar-refractivity contribution in [1.82, 2.24) is 14.9 Å². The fourth-order valence-electron chi connectivity index (χ4n) is 5.37. The molecule has 0 amide bonds. The highest BCUT2D eigenvalue weighted by molar-refractivity contribution is 5.49. The quantitative estimate of drug-likeness (QED) is 0.790. The largest absolute Gasteiger partial charge is 0.408 e. The number of alkyl halides is 3. The van der Waals surface area contributed by atoms with E-state index >= 15 is 0 Å². The van der Waals surface area contributed by atoms with Gasteiger partial charge in [-0.25, -0.2) is 0 Å². The zero-order valence-electron chi connectivity index (χ0n) is 16.9. The first-order valence-corrected chi connectivity index (χ1v) is 10.9. The second-order valence-corrected chi connectivity index (χ2v) is 8.92. The van der Waals surface area contributed by atoms with Crippen molar-refractivity contribution in [3.8, 4) is 0 Å². The average molecular weight is 427 g/mol. The van der Waals surface area contributed by atoms with Gasteiger partial charge < -0.3 is 19.9 Å². The second-order valence-electron chi connectivity index (χ2n) is 8.92. The Bertz CT molecular complexity index is 839. The molecular weight excluding hydrogens is 399 g/mol. The summed E-state index contributed by atoms with van der Waals surface area (Å²) in [5.41, 5.74) is -0.272. The highest BCUT2D eigenvalue weighted by Gasteiger charge is 2.47. The fraction of sp³-hybridized carbons (Fsp3) is 0.800. The first-order valence-electron chi connectivity index (χ1n) is 10.9. The minimum absolute atomic E-state index is 0.0463. The number of aromatic nitrogens is 2. The first-order chi connectivity index (χ1) is 14.4. The van der Waals surface area contributed by atoms with Gasteiger partial charge in [-0.1, -0.05) is 0 Å². The number of piperidine rings is 1. The van der Waals surface area contributed by atoms with Gasteiger partial charge in [-0.2, -0.15) is 18.2 Å². The molecule has 1 aromatic rings. The van der Waals surface area contributed by atoms with Crippen LogP contribution in [-0.4, -0.2) is 66.7 Å². The Kier molecular flexibility index (Phi) is 5.17. The van der Waals surface area contributed by atoms with Crippen molar-refractivity contribution in [2.75, 3.05) is 42.6 Å². The molecule has 5 heterocycles. The van der Waals surface area contributed by atoms with Crippen LogP contribution in [0, 0.1) is 5.92 Å². The van der Waals surface area contributed by atoms with E-state index in [2.05, 4.69) is 10.3 Å². The average Bonchev–Trinajstić information content (AvgIpc) is 3.35. The van der Waals surface area contributed by atoms with Crippen LogP contribution in [0.5, 0.6) is 0 Å². The number of nitrogens with zero attached hydrogens (tertiary/aromatic N) is 4. The smallest absolute Gasteiger partial charge is 0.374 e. The number of hydrogen-bond donors (Lipinski definition) is 1. The Morgan fingerprint density at radius 2 is 2.03 bits per heavy atom. The van der Waals surface area contributed by atoms with Gasteiger partial charge in [-0.05, 0) is 51.1 Å². The summed E-state index contributed by atoms with van der Waals surface area (Å²) in [6.45, 7) is 3.34. The van der Waals surface area contributed by atoms with E-state index in [0.29, 0.717) is 31.3 Å². The van der Waals surface area contributed by atoms with E-state index in [1.54, 1.807) is 0 Å². The minimum Gasteiger partial charge on any atom is -0.374 e. The minimum atomic E-state index is -4.35.